The van der Waals surface area contributed by atoms with Gasteiger partial charge in [0.1, 0.15) is 5.76 Å². The number of carbonyl (C=O) groups is 1. The molecule has 2 heterocycles. The van der Waals surface area contributed by atoms with Crippen LogP contribution in [0, 0.1) is 12.8 Å². The van der Waals surface area contributed by atoms with Gasteiger partial charge in [-0.25, -0.2) is 0 Å². The highest BCUT2D eigenvalue weighted by atomic mass is 16.5. The van der Waals surface area contributed by atoms with Gasteiger partial charge in [0.15, 0.2) is 0 Å². The Morgan fingerprint density at radius 1 is 1.38 bits per heavy atom. The molecule has 2 atom stereocenters. The highest BCUT2D eigenvalue weighted by Crippen LogP contribution is 2.26. The lowest BCUT2D eigenvalue weighted by atomic mass is 10.0. The number of piperazine rings is 1. The first kappa shape index (κ1) is 14.5. The summed E-state index contributed by atoms with van der Waals surface area (Å²) in [5.41, 5.74) is 7.00. The van der Waals surface area contributed by atoms with E-state index in [-0.39, 0.29) is 17.9 Å². The lowest BCUT2D eigenvalue weighted by Crippen LogP contribution is -2.51. The van der Waals surface area contributed by atoms with Crippen LogP contribution in [0.1, 0.15) is 30.7 Å². The highest BCUT2D eigenvalue weighted by Gasteiger charge is 2.34. The molecule has 0 spiro atoms. The average molecular weight is 292 g/mol. The molecule has 2 aliphatic rings. The van der Waals surface area contributed by atoms with Gasteiger partial charge in [0, 0.05) is 44.8 Å². The molecule has 1 aromatic rings. The molecule has 21 heavy (non-hydrogen) atoms. The molecule has 1 amide bonds. The zero-order chi connectivity index (χ0) is 14.8. The summed E-state index contributed by atoms with van der Waals surface area (Å²) in [5.74, 6) is 1.15. The van der Waals surface area contributed by atoms with Gasteiger partial charge in [-0.2, -0.15) is 0 Å². The van der Waals surface area contributed by atoms with Crippen molar-refractivity contribution in [2.24, 2.45) is 11.7 Å². The van der Waals surface area contributed by atoms with E-state index in [0.717, 1.165) is 63.4 Å². The first-order chi connectivity index (χ1) is 10.1. The Kier molecular flexibility index (Phi) is 4.26. The topological polar surface area (TPSA) is 75.6 Å². The molecule has 1 aromatic heterocycles. The lowest BCUT2D eigenvalue weighted by Gasteiger charge is -2.36. The maximum Gasteiger partial charge on any atom is 0.227 e. The van der Waals surface area contributed by atoms with Crippen molar-refractivity contribution in [3.05, 3.63) is 17.5 Å². The molecule has 2 N–H and O–H groups in total. The summed E-state index contributed by atoms with van der Waals surface area (Å²) < 4.78 is 5.09. The van der Waals surface area contributed by atoms with Crippen LogP contribution in [-0.2, 0) is 11.3 Å². The monoisotopic (exact) mass is 292 g/mol. The van der Waals surface area contributed by atoms with Crippen molar-refractivity contribution in [2.75, 3.05) is 26.2 Å². The number of aryl methyl sites for hydroxylation is 1. The zero-order valence-corrected chi connectivity index (χ0v) is 12.6. The summed E-state index contributed by atoms with van der Waals surface area (Å²) in [5, 5.41) is 4.02. The van der Waals surface area contributed by atoms with Gasteiger partial charge >= 0.3 is 0 Å². The van der Waals surface area contributed by atoms with Crippen molar-refractivity contribution in [1.82, 2.24) is 15.0 Å². The molecule has 0 aromatic carbocycles. The molecule has 116 valence electrons. The van der Waals surface area contributed by atoms with Gasteiger partial charge in [-0.05, 0) is 19.8 Å². The van der Waals surface area contributed by atoms with Gasteiger partial charge in [0.25, 0.3) is 0 Å². The van der Waals surface area contributed by atoms with Crippen LogP contribution in [0.3, 0.4) is 0 Å². The van der Waals surface area contributed by atoms with Crippen LogP contribution in [0.25, 0.3) is 0 Å². The van der Waals surface area contributed by atoms with Crippen molar-refractivity contribution in [2.45, 2.75) is 38.8 Å². The van der Waals surface area contributed by atoms with E-state index >= 15 is 0 Å². The molecule has 1 aliphatic heterocycles. The number of nitrogens with zero attached hydrogens (tertiary/aromatic N) is 3. The Bertz CT molecular complexity index is 494. The largest absolute Gasteiger partial charge is 0.361 e. The number of hydrogen-bond donors (Lipinski definition) is 1. The quantitative estimate of drug-likeness (QED) is 0.890. The van der Waals surface area contributed by atoms with E-state index in [0.29, 0.717) is 0 Å². The van der Waals surface area contributed by atoms with E-state index in [9.17, 15) is 4.79 Å². The molecule has 1 aliphatic carbocycles. The second kappa shape index (κ2) is 6.15. The summed E-state index contributed by atoms with van der Waals surface area (Å²) in [7, 11) is 0. The number of hydrogen-bond acceptors (Lipinski definition) is 5. The SMILES string of the molecule is Cc1cc(CN2CCN(C(=O)[C@@H]3CCC[C@H]3N)CC2)no1. The van der Waals surface area contributed by atoms with E-state index in [1.165, 1.54) is 0 Å². The third kappa shape index (κ3) is 3.27. The van der Waals surface area contributed by atoms with E-state index in [1.54, 1.807) is 0 Å². The number of nitrogens with two attached hydrogens (primary N) is 1. The number of amides is 1. The maximum absolute atomic E-state index is 12.5. The Balaban J connectivity index is 1.49. The van der Waals surface area contributed by atoms with Gasteiger partial charge in [-0.15, -0.1) is 0 Å². The lowest BCUT2D eigenvalue weighted by molar-refractivity contribution is -0.137. The van der Waals surface area contributed by atoms with Crippen molar-refractivity contribution in [3.63, 3.8) is 0 Å². The predicted molar refractivity (Wildman–Crippen MR) is 78.4 cm³/mol. The molecule has 0 unspecified atom stereocenters. The van der Waals surface area contributed by atoms with E-state index in [2.05, 4.69) is 10.1 Å². The van der Waals surface area contributed by atoms with Crippen molar-refractivity contribution < 1.29 is 9.32 Å². The fourth-order valence-corrected chi connectivity index (χ4v) is 3.38. The predicted octanol–water partition coefficient (Wildman–Crippen LogP) is 0.755. The zero-order valence-electron chi connectivity index (χ0n) is 12.6. The molecule has 1 saturated carbocycles. The Hall–Kier alpha value is -1.40. The Morgan fingerprint density at radius 2 is 2.14 bits per heavy atom. The number of aromatic nitrogens is 1. The van der Waals surface area contributed by atoms with Crippen LogP contribution in [0.4, 0.5) is 0 Å². The molecule has 0 radical (unpaired) electrons. The average Bonchev–Trinajstić information content (AvgIpc) is 3.08. The fraction of sp³-hybridized carbons (Fsp3) is 0.733. The third-order valence-electron chi connectivity index (χ3n) is 4.63. The first-order valence-electron chi connectivity index (χ1n) is 7.82. The minimum atomic E-state index is 0.0507. The first-order valence-corrected chi connectivity index (χ1v) is 7.82. The molecule has 2 fully saturated rings. The summed E-state index contributed by atoms with van der Waals surface area (Å²) in [6.07, 6.45) is 3.03. The standard InChI is InChI=1S/C15H24N4O2/c1-11-9-12(17-21-11)10-18-5-7-19(8-6-18)15(20)13-3-2-4-14(13)16/h9,13-14H,2-8,10,16H2,1H3/t13-,14-/m1/s1. The Morgan fingerprint density at radius 3 is 2.71 bits per heavy atom. The van der Waals surface area contributed by atoms with Crippen LogP contribution < -0.4 is 5.73 Å². The maximum atomic E-state index is 12.5. The minimum Gasteiger partial charge on any atom is -0.361 e. The second-order valence-corrected chi connectivity index (χ2v) is 6.23. The van der Waals surface area contributed by atoms with Gasteiger partial charge in [-0.1, -0.05) is 11.6 Å². The van der Waals surface area contributed by atoms with E-state index in [1.807, 2.05) is 17.9 Å². The molecular weight excluding hydrogens is 268 g/mol. The van der Waals surface area contributed by atoms with Crippen LogP contribution in [0.5, 0.6) is 0 Å². The molecule has 6 heteroatoms. The smallest absolute Gasteiger partial charge is 0.227 e. The Labute approximate surface area is 125 Å². The third-order valence-corrected chi connectivity index (χ3v) is 4.63. The molecular formula is C15H24N4O2. The van der Waals surface area contributed by atoms with Gasteiger partial charge in [0.2, 0.25) is 5.91 Å². The van der Waals surface area contributed by atoms with Crippen LogP contribution >= 0.6 is 0 Å². The molecule has 6 nitrogen and oxygen atoms in total. The van der Waals surface area contributed by atoms with Crippen LogP contribution in [0.2, 0.25) is 0 Å². The molecule has 1 saturated heterocycles. The second-order valence-electron chi connectivity index (χ2n) is 6.23. The summed E-state index contributed by atoms with van der Waals surface area (Å²) in [4.78, 5) is 16.8. The van der Waals surface area contributed by atoms with Gasteiger partial charge in [-0.3, -0.25) is 9.69 Å². The van der Waals surface area contributed by atoms with Gasteiger partial charge < -0.3 is 15.2 Å². The fourth-order valence-electron chi connectivity index (χ4n) is 3.38. The van der Waals surface area contributed by atoms with E-state index < -0.39 is 0 Å². The van der Waals surface area contributed by atoms with Crippen LogP contribution in [0.15, 0.2) is 10.6 Å². The van der Waals surface area contributed by atoms with Crippen molar-refractivity contribution in [1.29, 1.82) is 0 Å². The summed E-state index contributed by atoms with van der Waals surface area (Å²) in [6, 6.07) is 2.03. The van der Waals surface area contributed by atoms with E-state index in [4.69, 9.17) is 10.3 Å². The van der Waals surface area contributed by atoms with Crippen molar-refractivity contribution in [3.8, 4) is 0 Å². The normalized spacial score (nSPS) is 27.2. The minimum absolute atomic E-state index is 0.0507. The van der Waals surface area contributed by atoms with Gasteiger partial charge in [0.05, 0.1) is 11.6 Å². The number of carbonyl (C=O) groups excluding carboxylic acids is 1. The molecule has 0 bridgehead atoms. The number of rotatable bonds is 3. The summed E-state index contributed by atoms with van der Waals surface area (Å²) >= 11 is 0. The molecule has 3 rings (SSSR count). The van der Waals surface area contributed by atoms with Crippen LogP contribution in [-0.4, -0.2) is 53.1 Å². The van der Waals surface area contributed by atoms with Crippen molar-refractivity contribution >= 4 is 5.91 Å². The summed E-state index contributed by atoms with van der Waals surface area (Å²) in [6.45, 7) is 6.05. The highest BCUT2D eigenvalue weighted by molar-refractivity contribution is 5.80.